The van der Waals surface area contributed by atoms with Crippen LogP contribution >= 0.6 is 23.2 Å². The van der Waals surface area contributed by atoms with Gasteiger partial charge in [0, 0.05) is 18.6 Å². The van der Waals surface area contributed by atoms with Crippen molar-refractivity contribution in [2.75, 3.05) is 5.32 Å². The van der Waals surface area contributed by atoms with E-state index in [0.29, 0.717) is 28.9 Å². The van der Waals surface area contributed by atoms with Crippen molar-refractivity contribution in [3.63, 3.8) is 0 Å². The Hall–Kier alpha value is -2.83. The zero-order chi connectivity index (χ0) is 19.9. The molecule has 0 radical (unpaired) electrons. The fourth-order valence-electron chi connectivity index (χ4n) is 2.28. The third-order valence-electron chi connectivity index (χ3n) is 3.75. The molecular weight excluding hydrogens is 401 g/mol. The first-order valence-electron chi connectivity index (χ1n) is 8.43. The zero-order valence-corrected chi connectivity index (χ0v) is 16.4. The molecule has 3 aromatic rings. The first-order chi connectivity index (χ1) is 13.5. The molecule has 1 N–H and O–H groups in total. The molecule has 144 valence electrons. The Morgan fingerprint density at radius 1 is 1.07 bits per heavy atom. The summed E-state index contributed by atoms with van der Waals surface area (Å²) in [6.45, 7) is 1.92. The normalized spacial score (nSPS) is 11.5. The largest absolute Gasteiger partial charge is 0.485 e. The van der Waals surface area contributed by atoms with Crippen molar-refractivity contribution in [2.24, 2.45) is 0 Å². The third kappa shape index (κ3) is 5.12. The molecule has 28 heavy (non-hydrogen) atoms. The van der Waals surface area contributed by atoms with E-state index < -0.39 is 12.0 Å². The number of hydrogen-bond donors (Lipinski definition) is 1. The summed E-state index contributed by atoms with van der Waals surface area (Å²) in [6.07, 6.45) is 4.11. The van der Waals surface area contributed by atoms with Crippen LogP contribution in [0.2, 0.25) is 10.0 Å². The van der Waals surface area contributed by atoms with Crippen molar-refractivity contribution in [2.45, 2.75) is 19.6 Å². The fourth-order valence-corrected chi connectivity index (χ4v) is 2.61. The van der Waals surface area contributed by atoms with Gasteiger partial charge in [0.05, 0.1) is 5.02 Å². The van der Waals surface area contributed by atoms with E-state index >= 15 is 0 Å². The number of hydrogen-bond acceptors (Lipinski definition) is 5. The van der Waals surface area contributed by atoms with E-state index in [1.165, 1.54) is 0 Å². The van der Waals surface area contributed by atoms with Gasteiger partial charge in [0.15, 0.2) is 17.7 Å². The second-order valence-corrected chi connectivity index (χ2v) is 6.58. The number of carbonyl (C=O) groups excluding carboxylic acids is 1. The number of halogens is 2. The monoisotopic (exact) mass is 417 g/mol. The summed E-state index contributed by atoms with van der Waals surface area (Å²) >= 11 is 12.1. The maximum absolute atomic E-state index is 12.5. The van der Waals surface area contributed by atoms with Crippen molar-refractivity contribution in [3.05, 3.63) is 76.7 Å². The molecule has 1 unspecified atom stereocenters. The molecule has 2 heterocycles. The minimum atomic E-state index is -0.828. The molecule has 0 bridgehead atoms. The number of pyridine rings is 2. The van der Waals surface area contributed by atoms with Gasteiger partial charge in [-0.05, 0) is 48.9 Å². The number of aromatic nitrogens is 2. The van der Waals surface area contributed by atoms with Gasteiger partial charge in [-0.15, -0.1) is 0 Å². The SMILES string of the molecule is CC(Oc1cccc(Cl)c1Cl)C(=O)Nc1ncccc1OCc1ccncc1. The quantitative estimate of drug-likeness (QED) is 0.599. The molecule has 6 nitrogen and oxygen atoms in total. The molecule has 0 aliphatic heterocycles. The molecule has 0 aliphatic rings. The lowest BCUT2D eigenvalue weighted by atomic mass is 10.3. The average Bonchev–Trinajstić information content (AvgIpc) is 2.71. The summed E-state index contributed by atoms with van der Waals surface area (Å²) in [4.78, 5) is 20.7. The smallest absolute Gasteiger partial charge is 0.266 e. The molecule has 1 aromatic carbocycles. The van der Waals surface area contributed by atoms with Gasteiger partial charge in [-0.25, -0.2) is 4.98 Å². The van der Waals surface area contributed by atoms with Gasteiger partial charge in [-0.1, -0.05) is 29.3 Å². The van der Waals surface area contributed by atoms with E-state index in [4.69, 9.17) is 32.7 Å². The van der Waals surface area contributed by atoms with E-state index in [2.05, 4.69) is 15.3 Å². The summed E-state index contributed by atoms with van der Waals surface area (Å²) in [5.41, 5.74) is 0.948. The van der Waals surface area contributed by atoms with Crippen LogP contribution < -0.4 is 14.8 Å². The minimum absolute atomic E-state index is 0.253. The van der Waals surface area contributed by atoms with E-state index in [1.807, 2.05) is 12.1 Å². The second-order valence-electron chi connectivity index (χ2n) is 5.80. The van der Waals surface area contributed by atoms with Crippen LogP contribution in [0.3, 0.4) is 0 Å². The molecule has 3 rings (SSSR count). The Bertz CT molecular complexity index is 954. The number of anilines is 1. The van der Waals surface area contributed by atoms with Gasteiger partial charge >= 0.3 is 0 Å². The maximum atomic E-state index is 12.5. The van der Waals surface area contributed by atoms with Crippen molar-refractivity contribution in [1.82, 2.24) is 9.97 Å². The molecule has 0 aliphatic carbocycles. The molecule has 1 atom stereocenters. The summed E-state index contributed by atoms with van der Waals surface area (Å²) in [5.74, 6) is 0.672. The van der Waals surface area contributed by atoms with Crippen LogP contribution in [0, 0.1) is 0 Å². The van der Waals surface area contributed by atoms with Crippen LogP contribution in [0.4, 0.5) is 5.82 Å². The first-order valence-corrected chi connectivity index (χ1v) is 9.18. The van der Waals surface area contributed by atoms with Crippen LogP contribution in [0.15, 0.2) is 61.1 Å². The predicted molar refractivity (Wildman–Crippen MR) is 108 cm³/mol. The Labute approximate surface area is 172 Å². The summed E-state index contributed by atoms with van der Waals surface area (Å²) in [7, 11) is 0. The van der Waals surface area contributed by atoms with Crippen LogP contribution in [0.25, 0.3) is 0 Å². The lowest BCUT2D eigenvalue weighted by molar-refractivity contribution is -0.122. The average molecular weight is 418 g/mol. The van der Waals surface area contributed by atoms with Gasteiger partial charge < -0.3 is 14.8 Å². The van der Waals surface area contributed by atoms with Crippen LogP contribution in [-0.2, 0) is 11.4 Å². The van der Waals surface area contributed by atoms with Gasteiger partial charge in [0.2, 0.25) is 0 Å². The van der Waals surface area contributed by atoms with E-state index in [-0.39, 0.29) is 5.02 Å². The Balaban J connectivity index is 1.65. The van der Waals surface area contributed by atoms with Gasteiger partial charge in [0.1, 0.15) is 17.4 Å². The minimum Gasteiger partial charge on any atom is -0.485 e. The number of benzene rings is 1. The number of amides is 1. The van der Waals surface area contributed by atoms with E-state index in [0.717, 1.165) is 5.56 Å². The topological polar surface area (TPSA) is 73.3 Å². The highest BCUT2D eigenvalue weighted by molar-refractivity contribution is 6.42. The lowest BCUT2D eigenvalue weighted by Gasteiger charge is -2.17. The lowest BCUT2D eigenvalue weighted by Crippen LogP contribution is -2.30. The third-order valence-corrected chi connectivity index (χ3v) is 4.55. The number of ether oxygens (including phenoxy) is 2. The predicted octanol–water partition coefficient (Wildman–Crippen LogP) is 4.77. The molecule has 2 aromatic heterocycles. The highest BCUT2D eigenvalue weighted by Crippen LogP contribution is 2.32. The highest BCUT2D eigenvalue weighted by atomic mass is 35.5. The molecule has 0 saturated carbocycles. The summed E-state index contributed by atoms with van der Waals surface area (Å²) in [6, 6.07) is 12.1. The number of rotatable bonds is 7. The Morgan fingerprint density at radius 2 is 1.82 bits per heavy atom. The maximum Gasteiger partial charge on any atom is 0.266 e. The molecule has 1 amide bonds. The zero-order valence-electron chi connectivity index (χ0n) is 14.9. The van der Waals surface area contributed by atoms with Crippen molar-refractivity contribution in [1.29, 1.82) is 0 Å². The van der Waals surface area contributed by atoms with Crippen molar-refractivity contribution < 1.29 is 14.3 Å². The van der Waals surface area contributed by atoms with E-state index in [1.54, 1.807) is 55.8 Å². The molecule has 0 fully saturated rings. The van der Waals surface area contributed by atoms with E-state index in [9.17, 15) is 4.79 Å². The van der Waals surface area contributed by atoms with Gasteiger partial charge in [-0.2, -0.15) is 0 Å². The Morgan fingerprint density at radius 3 is 2.61 bits per heavy atom. The van der Waals surface area contributed by atoms with Gasteiger partial charge in [-0.3, -0.25) is 9.78 Å². The van der Waals surface area contributed by atoms with Crippen LogP contribution in [0.1, 0.15) is 12.5 Å². The summed E-state index contributed by atoms with van der Waals surface area (Å²) < 4.78 is 11.4. The number of nitrogens with one attached hydrogen (secondary N) is 1. The first kappa shape index (κ1) is 19.9. The molecule has 8 heteroatoms. The second kappa shape index (κ2) is 9.39. The van der Waals surface area contributed by atoms with Crippen molar-refractivity contribution >= 4 is 34.9 Å². The van der Waals surface area contributed by atoms with Crippen molar-refractivity contribution in [3.8, 4) is 11.5 Å². The number of carbonyl (C=O) groups is 1. The highest BCUT2D eigenvalue weighted by Gasteiger charge is 2.19. The van der Waals surface area contributed by atoms with Crippen LogP contribution in [0.5, 0.6) is 11.5 Å². The van der Waals surface area contributed by atoms with Gasteiger partial charge in [0.25, 0.3) is 5.91 Å². The molecule has 0 spiro atoms. The fraction of sp³-hybridized carbons (Fsp3) is 0.150. The standard InChI is InChI=1S/C20H17Cl2N3O3/c1-13(28-16-5-2-4-15(21)18(16)22)20(26)25-19-17(6-3-9-24-19)27-12-14-7-10-23-11-8-14/h2-11,13H,12H2,1H3,(H,24,25,26). The number of nitrogens with zero attached hydrogens (tertiary/aromatic N) is 2. The molecular formula is C20H17Cl2N3O3. The van der Waals surface area contributed by atoms with Crippen LogP contribution in [-0.4, -0.2) is 22.0 Å². The summed E-state index contributed by atoms with van der Waals surface area (Å²) in [5, 5.41) is 3.32. The molecule has 0 saturated heterocycles. The Kier molecular flexibility index (Phi) is 6.68.